The molecule has 0 saturated carbocycles. The van der Waals surface area contributed by atoms with Gasteiger partial charge in [0.2, 0.25) is 0 Å². The van der Waals surface area contributed by atoms with Crippen LogP contribution in [0.3, 0.4) is 0 Å². The van der Waals surface area contributed by atoms with Crippen molar-refractivity contribution in [2.45, 2.75) is 37.8 Å². The Morgan fingerprint density at radius 1 is 1.40 bits per heavy atom. The van der Waals surface area contributed by atoms with Crippen molar-refractivity contribution in [1.82, 2.24) is 4.90 Å². The van der Waals surface area contributed by atoms with Crippen molar-refractivity contribution in [2.75, 3.05) is 20.2 Å². The lowest BCUT2D eigenvalue weighted by Crippen LogP contribution is -2.56. The van der Waals surface area contributed by atoms with Gasteiger partial charge in [-0.2, -0.15) is 0 Å². The lowest BCUT2D eigenvalue weighted by molar-refractivity contribution is -0.148. The van der Waals surface area contributed by atoms with E-state index in [0.29, 0.717) is 12.6 Å². The second kappa shape index (κ2) is 6.37. The van der Waals surface area contributed by atoms with Crippen molar-refractivity contribution in [1.29, 1.82) is 0 Å². The molecule has 20 heavy (non-hydrogen) atoms. The third-order valence-corrected chi connectivity index (χ3v) is 4.23. The fourth-order valence-corrected chi connectivity index (χ4v) is 2.90. The Labute approximate surface area is 120 Å². The van der Waals surface area contributed by atoms with Crippen molar-refractivity contribution in [3.8, 4) is 0 Å². The van der Waals surface area contributed by atoms with Gasteiger partial charge in [-0.05, 0) is 31.9 Å². The SMILES string of the molecule is COC(=O)C(N)(CN1CCCCC1C)c1ccccc1. The second-order valence-corrected chi connectivity index (χ2v) is 5.64. The van der Waals surface area contributed by atoms with E-state index >= 15 is 0 Å². The quantitative estimate of drug-likeness (QED) is 0.853. The highest BCUT2D eigenvalue weighted by Gasteiger charge is 2.40. The number of benzene rings is 1. The van der Waals surface area contributed by atoms with Gasteiger partial charge in [-0.1, -0.05) is 36.8 Å². The van der Waals surface area contributed by atoms with E-state index in [1.165, 1.54) is 13.5 Å². The van der Waals surface area contributed by atoms with Gasteiger partial charge in [-0.25, -0.2) is 4.79 Å². The number of hydrogen-bond acceptors (Lipinski definition) is 4. The lowest BCUT2D eigenvalue weighted by Gasteiger charge is -2.39. The maximum Gasteiger partial charge on any atom is 0.331 e. The molecule has 0 aromatic heterocycles. The van der Waals surface area contributed by atoms with Crippen LogP contribution in [-0.2, 0) is 15.1 Å². The van der Waals surface area contributed by atoms with Crippen LogP contribution in [0.5, 0.6) is 0 Å². The van der Waals surface area contributed by atoms with E-state index < -0.39 is 5.54 Å². The molecule has 1 aliphatic rings. The van der Waals surface area contributed by atoms with E-state index in [-0.39, 0.29) is 5.97 Å². The van der Waals surface area contributed by atoms with E-state index in [0.717, 1.165) is 24.9 Å². The van der Waals surface area contributed by atoms with Crippen LogP contribution in [0.2, 0.25) is 0 Å². The largest absolute Gasteiger partial charge is 0.467 e. The van der Waals surface area contributed by atoms with Crippen LogP contribution in [0.25, 0.3) is 0 Å². The third-order valence-electron chi connectivity index (χ3n) is 4.23. The van der Waals surface area contributed by atoms with Gasteiger partial charge in [0.1, 0.15) is 0 Å². The van der Waals surface area contributed by atoms with Crippen molar-refractivity contribution in [3.63, 3.8) is 0 Å². The number of hydrogen-bond donors (Lipinski definition) is 1. The minimum atomic E-state index is -1.10. The first-order chi connectivity index (χ1) is 9.58. The molecule has 4 heteroatoms. The molecule has 4 nitrogen and oxygen atoms in total. The number of carbonyl (C=O) groups excluding carboxylic acids is 1. The van der Waals surface area contributed by atoms with E-state index in [2.05, 4.69) is 11.8 Å². The molecule has 0 spiro atoms. The maximum absolute atomic E-state index is 12.2. The van der Waals surface area contributed by atoms with E-state index in [9.17, 15) is 4.79 Å². The van der Waals surface area contributed by atoms with Crippen LogP contribution in [0.4, 0.5) is 0 Å². The number of piperidine rings is 1. The summed E-state index contributed by atoms with van der Waals surface area (Å²) in [5.74, 6) is -0.374. The van der Waals surface area contributed by atoms with Gasteiger partial charge in [-0.3, -0.25) is 4.90 Å². The molecule has 2 rings (SSSR count). The number of methoxy groups -OCH3 is 1. The molecule has 1 aromatic carbocycles. The average molecular weight is 276 g/mol. The molecule has 0 amide bonds. The van der Waals surface area contributed by atoms with Crippen molar-refractivity contribution >= 4 is 5.97 Å². The summed E-state index contributed by atoms with van der Waals surface area (Å²) in [7, 11) is 1.40. The highest BCUT2D eigenvalue weighted by atomic mass is 16.5. The Morgan fingerprint density at radius 3 is 2.70 bits per heavy atom. The topological polar surface area (TPSA) is 55.6 Å². The Balaban J connectivity index is 2.25. The normalized spacial score (nSPS) is 23.1. The predicted octanol–water partition coefficient (Wildman–Crippen LogP) is 1.89. The zero-order valence-corrected chi connectivity index (χ0v) is 12.3. The summed E-state index contributed by atoms with van der Waals surface area (Å²) in [6.45, 7) is 3.69. The van der Waals surface area contributed by atoms with Gasteiger partial charge in [0.15, 0.2) is 5.54 Å². The summed E-state index contributed by atoms with van der Waals surface area (Å²) in [6, 6.07) is 9.97. The molecule has 2 N–H and O–H groups in total. The van der Waals surface area contributed by atoms with E-state index in [1.54, 1.807) is 0 Å². The number of carbonyl (C=O) groups is 1. The summed E-state index contributed by atoms with van der Waals surface area (Å²) < 4.78 is 4.96. The standard InChI is InChI=1S/C16H24N2O2/c1-13-8-6-7-11-18(13)12-16(17,15(19)20-2)14-9-4-3-5-10-14/h3-5,9-10,13H,6-8,11-12,17H2,1-2H3. The minimum Gasteiger partial charge on any atom is -0.467 e. The number of ether oxygens (including phenoxy) is 1. The van der Waals surface area contributed by atoms with Crippen LogP contribution in [0, 0.1) is 0 Å². The highest BCUT2D eigenvalue weighted by Crippen LogP contribution is 2.25. The zero-order valence-electron chi connectivity index (χ0n) is 12.3. The summed E-state index contributed by atoms with van der Waals surface area (Å²) in [6.07, 6.45) is 3.57. The number of esters is 1. The summed E-state index contributed by atoms with van der Waals surface area (Å²) >= 11 is 0. The van der Waals surface area contributed by atoms with Gasteiger partial charge in [0.25, 0.3) is 0 Å². The summed E-state index contributed by atoms with van der Waals surface area (Å²) in [5.41, 5.74) is 6.16. The molecule has 1 aliphatic heterocycles. The van der Waals surface area contributed by atoms with Crippen LogP contribution in [0.15, 0.2) is 30.3 Å². The molecular weight excluding hydrogens is 252 g/mol. The van der Waals surface area contributed by atoms with Crippen molar-refractivity contribution < 1.29 is 9.53 Å². The molecule has 0 bridgehead atoms. The van der Waals surface area contributed by atoms with Gasteiger partial charge < -0.3 is 10.5 Å². The first-order valence-electron chi connectivity index (χ1n) is 7.25. The van der Waals surface area contributed by atoms with Crippen molar-refractivity contribution in [2.24, 2.45) is 5.73 Å². The fourth-order valence-electron chi connectivity index (χ4n) is 2.90. The second-order valence-electron chi connectivity index (χ2n) is 5.64. The first-order valence-corrected chi connectivity index (χ1v) is 7.25. The Bertz CT molecular complexity index is 449. The number of nitrogens with two attached hydrogens (primary N) is 1. The summed E-state index contributed by atoms with van der Waals surface area (Å²) in [4.78, 5) is 14.5. The summed E-state index contributed by atoms with van der Waals surface area (Å²) in [5, 5.41) is 0. The number of likely N-dealkylation sites (tertiary alicyclic amines) is 1. The van der Waals surface area contributed by atoms with Crippen LogP contribution >= 0.6 is 0 Å². The third kappa shape index (κ3) is 3.02. The molecule has 0 radical (unpaired) electrons. The van der Waals surface area contributed by atoms with Crippen LogP contribution in [-0.4, -0.2) is 37.1 Å². The molecule has 2 unspecified atom stereocenters. The predicted molar refractivity (Wildman–Crippen MR) is 79.2 cm³/mol. The molecule has 1 saturated heterocycles. The zero-order chi connectivity index (χ0) is 14.6. The fraction of sp³-hybridized carbons (Fsp3) is 0.562. The van der Waals surface area contributed by atoms with Crippen LogP contribution in [0.1, 0.15) is 31.7 Å². The number of rotatable bonds is 4. The minimum absolute atomic E-state index is 0.374. The Morgan fingerprint density at radius 2 is 2.10 bits per heavy atom. The average Bonchev–Trinajstić information content (AvgIpc) is 2.49. The first kappa shape index (κ1) is 15.0. The van der Waals surface area contributed by atoms with Crippen LogP contribution < -0.4 is 5.73 Å². The molecule has 1 aromatic rings. The monoisotopic (exact) mass is 276 g/mol. The van der Waals surface area contributed by atoms with E-state index in [4.69, 9.17) is 10.5 Å². The lowest BCUT2D eigenvalue weighted by atomic mass is 9.88. The van der Waals surface area contributed by atoms with Gasteiger partial charge in [0.05, 0.1) is 7.11 Å². The Hall–Kier alpha value is -1.39. The maximum atomic E-state index is 12.2. The van der Waals surface area contributed by atoms with Gasteiger partial charge in [-0.15, -0.1) is 0 Å². The van der Waals surface area contributed by atoms with Gasteiger partial charge >= 0.3 is 5.97 Å². The molecule has 110 valence electrons. The highest BCUT2D eigenvalue weighted by molar-refractivity contribution is 5.82. The molecule has 1 heterocycles. The molecule has 0 aliphatic carbocycles. The molecule has 1 fully saturated rings. The van der Waals surface area contributed by atoms with Gasteiger partial charge in [0, 0.05) is 12.6 Å². The van der Waals surface area contributed by atoms with E-state index in [1.807, 2.05) is 30.3 Å². The van der Waals surface area contributed by atoms with Crippen molar-refractivity contribution in [3.05, 3.63) is 35.9 Å². The molecule has 2 atom stereocenters. The Kier molecular flexibility index (Phi) is 4.78. The number of nitrogens with zero attached hydrogens (tertiary/aromatic N) is 1. The molecular formula is C16H24N2O2. The smallest absolute Gasteiger partial charge is 0.331 e.